The Morgan fingerprint density at radius 2 is 1.73 bits per heavy atom. The molecule has 140 valence electrons. The van der Waals surface area contributed by atoms with Crippen LogP contribution in [0.4, 0.5) is 0 Å². The van der Waals surface area contributed by atoms with Crippen molar-refractivity contribution in [2.75, 3.05) is 32.7 Å². The van der Waals surface area contributed by atoms with Gasteiger partial charge in [0.15, 0.2) is 5.75 Å². The lowest BCUT2D eigenvalue weighted by Crippen LogP contribution is -2.39. The van der Waals surface area contributed by atoms with Crippen molar-refractivity contribution in [3.8, 4) is 5.75 Å². The summed E-state index contributed by atoms with van der Waals surface area (Å²) < 4.78 is 1.93. The minimum Gasteiger partial charge on any atom is -0.503 e. The Morgan fingerprint density at radius 3 is 2.38 bits per heavy atom. The van der Waals surface area contributed by atoms with Gasteiger partial charge in [0.1, 0.15) is 0 Å². The second-order valence-electron chi connectivity index (χ2n) is 6.62. The topological polar surface area (TPSA) is 82.4 Å². The molecule has 0 atom stereocenters. The van der Waals surface area contributed by atoms with Gasteiger partial charge in [0, 0.05) is 64.6 Å². The highest BCUT2D eigenvalue weighted by Gasteiger charge is 2.09. The SMILES string of the molecule is Cc1c(O)c(=O)ccn1CCN1CCNCc2cccc(n2)CNCC1. The van der Waals surface area contributed by atoms with Crippen LogP contribution in [0.3, 0.4) is 0 Å². The van der Waals surface area contributed by atoms with Crippen molar-refractivity contribution < 1.29 is 5.11 Å². The van der Waals surface area contributed by atoms with Crippen molar-refractivity contribution >= 4 is 0 Å². The number of pyridine rings is 2. The predicted octanol–water partition coefficient (Wildman–Crippen LogP) is 0.452. The highest BCUT2D eigenvalue weighted by Crippen LogP contribution is 2.09. The average molecular weight is 357 g/mol. The zero-order valence-electron chi connectivity index (χ0n) is 15.2. The van der Waals surface area contributed by atoms with E-state index in [1.165, 1.54) is 6.07 Å². The molecule has 2 aromatic heterocycles. The van der Waals surface area contributed by atoms with E-state index in [2.05, 4.69) is 26.6 Å². The smallest absolute Gasteiger partial charge is 0.223 e. The van der Waals surface area contributed by atoms with Crippen LogP contribution in [0.1, 0.15) is 17.1 Å². The van der Waals surface area contributed by atoms with Crippen LogP contribution in [0, 0.1) is 6.92 Å². The first-order valence-electron chi connectivity index (χ1n) is 9.11. The molecule has 1 aliphatic rings. The van der Waals surface area contributed by atoms with Gasteiger partial charge < -0.3 is 20.3 Å². The molecule has 3 N–H and O–H groups in total. The highest BCUT2D eigenvalue weighted by molar-refractivity contribution is 5.25. The molecule has 0 aromatic carbocycles. The monoisotopic (exact) mass is 357 g/mol. The molecule has 3 rings (SSSR count). The largest absolute Gasteiger partial charge is 0.503 e. The van der Waals surface area contributed by atoms with Crippen molar-refractivity contribution in [2.24, 2.45) is 0 Å². The summed E-state index contributed by atoms with van der Waals surface area (Å²) in [6.45, 7) is 8.57. The van der Waals surface area contributed by atoms with E-state index in [1.807, 2.05) is 16.7 Å². The number of hydrogen-bond donors (Lipinski definition) is 3. The molecular formula is C19H27N5O2. The second-order valence-corrected chi connectivity index (χ2v) is 6.62. The maximum absolute atomic E-state index is 11.5. The fraction of sp³-hybridized carbons (Fsp3) is 0.474. The standard InChI is InChI=1S/C19H27N5O2/c1-15-19(26)18(25)5-8-24(15)12-11-23-9-6-20-13-16-3-2-4-17(22-16)14-21-7-10-23/h2-5,8,20-21,26H,6-7,9-14H2,1H3. The maximum atomic E-state index is 11.5. The van der Waals surface area contributed by atoms with E-state index in [1.54, 1.807) is 13.1 Å². The Balaban J connectivity index is 1.58. The maximum Gasteiger partial charge on any atom is 0.223 e. The number of nitrogens with zero attached hydrogens (tertiary/aromatic N) is 3. The number of aromatic hydroxyl groups is 1. The van der Waals surface area contributed by atoms with Crippen LogP contribution in [0.5, 0.6) is 5.75 Å². The van der Waals surface area contributed by atoms with Crippen LogP contribution >= 0.6 is 0 Å². The van der Waals surface area contributed by atoms with Crippen molar-refractivity contribution in [2.45, 2.75) is 26.6 Å². The lowest BCUT2D eigenvalue weighted by molar-refractivity contribution is 0.259. The number of rotatable bonds is 3. The molecule has 7 nitrogen and oxygen atoms in total. The van der Waals surface area contributed by atoms with Crippen molar-refractivity contribution in [3.63, 3.8) is 0 Å². The summed E-state index contributed by atoms with van der Waals surface area (Å²) in [5.41, 5.74) is 2.43. The Bertz CT molecular complexity index is 762. The van der Waals surface area contributed by atoms with E-state index in [0.29, 0.717) is 5.69 Å². The third-order valence-corrected chi connectivity index (χ3v) is 4.76. The molecule has 0 unspecified atom stereocenters. The third kappa shape index (κ3) is 4.91. The Kier molecular flexibility index (Phi) is 6.38. The molecule has 0 amide bonds. The van der Waals surface area contributed by atoms with Gasteiger partial charge in [-0.3, -0.25) is 14.7 Å². The lowest BCUT2D eigenvalue weighted by Gasteiger charge is -2.24. The molecule has 2 aromatic rings. The average Bonchev–Trinajstić information content (AvgIpc) is 2.64. The van der Waals surface area contributed by atoms with E-state index >= 15 is 0 Å². The Morgan fingerprint density at radius 1 is 1.08 bits per heavy atom. The van der Waals surface area contributed by atoms with Crippen LogP contribution in [0.25, 0.3) is 0 Å². The van der Waals surface area contributed by atoms with Gasteiger partial charge in [0.25, 0.3) is 0 Å². The van der Waals surface area contributed by atoms with Crippen LogP contribution in [0.2, 0.25) is 0 Å². The molecule has 26 heavy (non-hydrogen) atoms. The third-order valence-electron chi connectivity index (χ3n) is 4.76. The highest BCUT2D eigenvalue weighted by atomic mass is 16.3. The molecule has 3 heterocycles. The molecule has 0 aliphatic carbocycles. The number of hydrogen-bond acceptors (Lipinski definition) is 6. The molecule has 2 bridgehead atoms. The molecule has 7 heteroatoms. The summed E-state index contributed by atoms with van der Waals surface area (Å²) in [5.74, 6) is -0.154. The molecule has 0 radical (unpaired) electrons. The number of nitrogens with one attached hydrogen (secondary N) is 2. The molecule has 0 saturated heterocycles. The fourth-order valence-electron chi connectivity index (χ4n) is 3.12. The van der Waals surface area contributed by atoms with E-state index in [9.17, 15) is 9.90 Å². The Labute approximate surface area is 153 Å². The van der Waals surface area contributed by atoms with E-state index in [0.717, 1.165) is 63.7 Å². The normalized spacial score (nSPS) is 16.7. The lowest BCUT2D eigenvalue weighted by atomic mass is 10.3. The van der Waals surface area contributed by atoms with E-state index < -0.39 is 0 Å². The van der Waals surface area contributed by atoms with Crippen molar-refractivity contribution in [1.82, 2.24) is 25.1 Å². The minimum atomic E-state index is -0.324. The van der Waals surface area contributed by atoms with Gasteiger partial charge in [0.2, 0.25) is 5.43 Å². The van der Waals surface area contributed by atoms with Crippen LogP contribution < -0.4 is 16.1 Å². The summed E-state index contributed by atoms with van der Waals surface area (Å²) in [7, 11) is 0. The number of aromatic nitrogens is 2. The van der Waals surface area contributed by atoms with Gasteiger partial charge >= 0.3 is 0 Å². The summed E-state index contributed by atoms with van der Waals surface area (Å²) in [4.78, 5) is 18.5. The van der Waals surface area contributed by atoms with Crippen LogP contribution in [-0.4, -0.2) is 52.3 Å². The minimum absolute atomic E-state index is 0.154. The molecule has 0 spiro atoms. The van der Waals surface area contributed by atoms with Crippen LogP contribution in [0.15, 0.2) is 35.3 Å². The summed E-state index contributed by atoms with van der Waals surface area (Å²) in [5, 5.41) is 16.7. The van der Waals surface area contributed by atoms with Gasteiger partial charge in [-0.25, -0.2) is 0 Å². The molecule has 1 aliphatic heterocycles. The van der Waals surface area contributed by atoms with Gasteiger partial charge in [-0.2, -0.15) is 0 Å². The first-order chi connectivity index (χ1) is 12.6. The van der Waals surface area contributed by atoms with Crippen LogP contribution in [-0.2, 0) is 19.6 Å². The first kappa shape index (κ1) is 18.6. The molecular weight excluding hydrogens is 330 g/mol. The Hall–Kier alpha value is -2.22. The zero-order chi connectivity index (χ0) is 18.4. The van der Waals surface area contributed by atoms with Gasteiger partial charge in [0.05, 0.1) is 17.1 Å². The fourth-order valence-corrected chi connectivity index (χ4v) is 3.12. The zero-order valence-corrected chi connectivity index (χ0v) is 15.2. The van der Waals surface area contributed by atoms with Gasteiger partial charge in [-0.15, -0.1) is 0 Å². The van der Waals surface area contributed by atoms with Gasteiger partial charge in [-0.05, 0) is 19.1 Å². The second kappa shape index (κ2) is 8.93. The summed E-state index contributed by atoms with van der Waals surface area (Å²) in [6, 6.07) is 7.57. The first-order valence-corrected chi connectivity index (χ1v) is 9.11. The van der Waals surface area contributed by atoms with E-state index in [-0.39, 0.29) is 11.2 Å². The van der Waals surface area contributed by atoms with E-state index in [4.69, 9.17) is 0 Å². The summed E-state index contributed by atoms with van der Waals surface area (Å²) in [6.07, 6.45) is 1.75. The van der Waals surface area contributed by atoms with Gasteiger partial charge in [-0.1, -0.05) is 6.07 Å². The molecule has 0 saturated carbocycles. The summed E-state index contributed by atoms with van der Waals surface area (Å²) >= 11 is 0. The quantitative estimate of drug-likeness (QED) is 0.740. The number of fused-ring (bicyclic) bond motifs is 2. The molecule has 0 fully saturated rings. The predicted molar refractivity (Wildman–Crippen MR) is 101 cm³/mol. The van der Waals surface area contributed by atoms with Crippen molar-refractivity contribution in [1.29, 1.82) is 0 Å². The van der Waals surface area contributed by atoms with Crippen molar-refractivity contribution in [3.05, 3.63) is 57.8 Å².